The van der Waals surface area contributed by atoms with Gasteiger partial charge >= 0.3 is 36.7 Å². The van der Waals surface area contributed by atoms with Crippen molar-refractivity contribution in [3.05, 3.63) is 0 Å². The summed E-state index contributed by atoms with van der Waals surface area (Å²) in [4.78, 5) is 0. The van der Waals surface area contributed by atoms with Gasteiger partial charge in [0.1, 0.15) is 0 Å². The third-order valence-corrected chi connectivity index (χ3v) is 4.77. The molecule has 0 N–H and O–H groups in total. The Morgan fingerprint density at radius 3 is 1.14 bits per heavy atom. The van der Waals surface area contributed by atoms with Crippen LogP contribution in [-0.2, 0) is 28.6 Å². The molecule has 0 aliphatic heterocycles. The lowest BCUT2D eigenvalue weighted by molar-refractivity contribution is -0.248. The van der Waals surface area contributed by atoms with E-state index in [0.717, 1.165) is 13.8 Å². The third-order valence-electron chi connectivity index (χ3n) is 1.91. The first-order chi connectivity index (χ1) is 9.12. The van der Waals surface area contributed by atoms with Gasteiger partial charge in [0.15, 0.2) is 0 Å². The smallest absolute Gasteiger partial charge is 0.266 e. The second-order valence-corrected chi connectivity index (χ2v) is 6.64. The molecule has 6 nitrogen and oxygen atoms in total. The first kappa shape index (κ1) is 20.4. The number of hydrogen-bond acceptors (Lipinski definition) is 6. The van der Waals surface area contributed by atoms with E-state index >= 15 is 0 Å². The van der Waals surface area contributed by atoms with E-state index in [0.29, 0.717) is 0 Å². The minimum atomic E-state index is -6.83. The van der Waals surface area contributed by atoms with Gasteiger partial charge in [0.2, 0.25) is 0 Å². The molecular formula is C7H10F6O6S2. The maximum atomic E-state index is 13.2. The number of alkyl halides is 6. The minimum Gasteiger partial charge on any atom is -0.266 e. The van der Waals surface area contributed by atoms with Crippen LogP contribution in [0.2, 0.25) is 0 Å². The van der Waals surface area contributed by atoms with E-state index in [2.05, 4.69) is 8.37 Å². The zero-order valence-corrected chi connectivity index (χ0v) is 12.1. The van der Waals surface area contributed by atoms with Crippen molar-refractivity contribution >= 4 is 20.2 Å². The van der Waals surface area contributed by atoms with Crippen LogP contribution in [0.4, 0.5) is 26.3 Å². The number of hydrogen-bond donors (Lipinski definition) is 0. The molecule has 0 aliphatic rings. The molecule has 0 aromatic heterocycles. The molecule has 0 spiro atoms. The molecule has 14 heteroatoms. The summed E-state index contributed by atoms with van der Waals surface area (Å²) in [5, 5.41) is -13.0. The molecule has 0 aromatic carbocycles. The number of rotatable bonds is 8. The average molecular weight is 368 g/mol. The first-order valence-corrected chi connectivity index (χ1v) is 7.85. The highest BCUT2D eigenvalue weighted by Gasteiger charge is 2.83. The van der Waals surface area contributed by atoms with Gasteiger partial charge in [-0.15, -0.1) is 0 Å². The fourth-order valence-electron chi connectivity index (χ4n) is 0.942. The van der Waals surface area contributed by atoms with E-state index < -0.39 is 49.9 Å². The van der Waals surface area contributed by atoms with Crippen LogP contribution in [0.1, 0.15) is 13.8 Å². The van der Waals surface area contributed by atoms with Gasteiger partial charge in [-0.3, -0.25) is 8.37 Å². The zero-order valence-electron chi connectivity index (χ0n) is 10.4. The number of halogens is 6. The molecule has 0 atom stereocenters. The Kier molecular flexibility index (Phi) is 5.72. The summed E-state index contributed by atoms with van der Waals surface area (Å²) in [6.07, 6.45) is 0. The summed E-state index contributed by atoms with van der Waals surface area (Å²) in [5.41, 5.74) is 0. The predicted molar refractivity (Wildman–Crippen MR) is 55.9 cm³/mol. The van der Waals surface area contributed by atoms with Crippen molar-refractivity contribution in [2.24, 2.45) is 0 Å². The standard InChI is InChI=1S/C7H10F6O6S2/c1-3-18-20(14,15)6(10,11)5(8,9)7(12,13)21(16,17)19-4-2/h3-4H2,1-2H3. The molecular weight excluding hydrogens is 358 g/mol. The summed E-state index contributed by atoms with van der Waals surface area (Å²) in [7, 11) is -13.0. The van der Waals surface area contributed by atoms with E-state index in [1.54, 1.807) is 0 Å². The Bertz CT molecular complexity index is 518. The molecule has 0 heterocycles. The van der Waals surface area contributed by atoms with Crippen molar-refractivity contribution in [3.63, 3.8) is 0 Å². The lowest BCUT2D eigenvalue weighted by atomic mass is 10.3. The fourth-order valence-corrected chi connectivity index (χ4v) is 2.81. The van der Waals surface area contributed by atoms with Gasteiger partial charge in [-0.2, -0.15) is 43.2 Å². The molecule has 0 aliphatic carbocycles. The normalized spacial score (nSPS) is 15.2. The van der Waals surface area contributed by atoms with E-state index in [1.165, 1.54) is 0 Å². The minimum absolute atomic E-state index is 0.806. The van der Waals surface area contributed by atoms with Crippen molar-refractivity contribution in [2.45, 2.75) is 30.3 Å². The van der Waals surface area contributed by atoms with Crippen LogP contribution in [0.15, 0.2) is 0 Å². The van der Waals surface area contributed by atoms with Gasteiger partial charge < -0.3 is 0 Å². The molecule has 0 rings (SSSR count). The largest absolute Gasteiger partial charge is 0.439 e. The van der Waals surface area contributed by atoms with Crippen LogP contribution in [0.3, 0.4) is 0 Å². The van der Waals surface area contributed by atoms with Gasteiger partial charge in [0.05, 0.1) is 13.2 Å². The van der Waals surface area contributed by atoms with Crippen LogP contribution in [0.5, 0.6) is 0 Å². The van der Waals surface area contributed by atoms with Crippen LogP contribution in [0, 0.1) is 0 Å². The third kappa shape index (κ3) is 3.12. The van der Waals surface area contributed by atoms with E-state index in [-0.39, 0.29) is 0 Å². The molecule has 0 unspecified atom stereocenters. The van der Waals surface area contributed by atoms with Gasteiger partial charge in [0, 0.05) is 0 Å². The average Bonchev–Trinajstić information content (AvgIpc) is 2.27. The Balaban J connectivity index is 6.09. The quantitative estimate of drug-likeness (QED) is 0.477. The van der Waals surface area contributed by atoms with Gasteiger partial charge in [-0.1, -0.05) is 0 Å². The maximum absolute atomic E-state index is 13.2. The molecule has 128 valence electrons. The van der Waals surface area contributed by atoms with E-state index in [9.17, 15) is 43.2 Å². The highest BCUT2D eigenvalue weighted by atomic mass is 32.2. The summed E-state index contributed by atoms with van der Waals surface area (Å²) >= 11 is 0. The molecule has 0 saturated heterocycles. The zero-order chi connectivity index (χ0) is 17.3. The second-order valence-electron chi connectivity index (χ2n) is 3.33. The van der Waals surface area contributed by atoms with Crippen molar-refractivity contribution in [1.29, 1.82) is 0 Å². The van der Waals surface area contributed by atoms with E-state index in [4.69, 9.17) is 0 Å². The van der Waals surface area contributed by atoms with Crippen LogP contribution in [0.25, 0.3) is 0 Å². The van der Waals surface area contributed by atoms with Gasteiger partial charge in [-0.05, 0) is 13.8 Å². The first-order valence-electron chi connectivity index (χ1n) is 5.03. The summed E-state index contributed by atoms with van der Waals surface area (Å²) in [6.45, 7) is -0.503. The molecule has 0 amide bonds. The predicted octanol–water partition coefficient (Wildman–Crippen LogP) is 1.54. The molecule has 0 aromatic rings. The molecule has 0 bridgehead atoms. The summed E-state index contributed by atoms with van der Waals surface area (Å²) < 4.78 is 129. The Labute approximate surface area is 116 Å². The van der Waals surface area contributed by atoms with Crippen molar-refractivity contribution in [2.75, 3.05) is 13.2 Å². The second kappa shape index (κ2) is 5.89. The molecule has 21 heavy (non-hydrogen) atoms. The van der Waals surface area contributed by atoms with Gasteiger partial charge in [0.25, 0.3) is 0 Å². The molecule has 0 saturated carbocycles. The highest BCUT2D eigenvalue weighted by molar-refractivity contribution is 7.89. The van der Waals surface area contributed by atoms with Gasteiger partial charge in [-0.25, -0.2) is 0 Å². The lowest BCUT2D eigenvalue weighted by Crippen LogP contribution is -2.61. The summed E-state index contributed by atoms with van der Waals surface area (Å²) in [5.74, 6) is -6.83. The Morgan fingerprint density at radius 2 is 0.952 bits per heavy atom. The van der Waals surface area contributed by atoms with Crippen molar-refractivity contribution in [3.8, 4) is 0 Å². The lowest BCUT2D eigenvalue weighted by Gasteiger charge is -2.30. The van der Waals surface area contributed by atoms with Crippen molar-refractivity contribution < 1.29 is 51.5 Å². The van der Waals surface area contributed by atoms with Crippen molar-refractivity contribution in [1.82, 2.24) is 0 Å². The SMILES string of the molecule is CCOS(=O)(=O)C(F)(F)C(F)(F)C(F)(F)S(=O)(=O)OCC. The monoisotopic (exact) mass is 368 g/mol. The Morgan fingerprint density at radius 1 is 0.714 bits per heavy atom. The molecule has 0 fully saturated rings. The van der Waals surface area contributed by atoms with Crippen LogP contribution >= 0.6 is 0 Å². The van der Waals surface area contributed by atoms with Crippen LogP contribution in [-0.4, -0.2) is 46.5 Å². The topological polar surface area (TPSA) is 86.7 Å². The summed E-state index contributed by atoms with van der Waals surface area (Å²) in [6, 6.07) is 0. The molecule has 0 radical (unpaired) electrons. The van der Waals surface area contributed by atoms with Crippen LogP contribution < -0.4 is 0 Å². The highest BCUT2D eigenvalue weighted by Crippen LogP contribution is 2.51. The van der Waals surface area contributed by atoms with E-state index in [1.807, 2.05) is 0 Å². The maximum Gasteiger partial charge on any atom is 0.439 e. The Hall–Kier alpha value is -0.600. The fraction of sp³-hybridized carbons (Fsp3) is 1.00.